The van der Waals surface area contributed by atoms with Crippen LogP contribution in [0.2, 0.25) is 5.02 Å². The number of nitriles is 1. The fraction of sp³-hybridized carbons (Fsp3) is 0.0714. The van der Waals surface area contributed by atoms with Crippen LogP contribution in [-0.4, -0.2) is 0 Å². The van der Waals surface area contributed by atoms with E-state index in [0.29, 0.717) is 5.02 Å². The molecule has 0 amide bonds. The van der Waals surface area contributed by atoms with E-state index in [4.69, 9.17) is 16.9 Å². The van der Waals surface area contributed by atoms with E-state index in [1.807, 2.05) is 0 Å². The number of hydrogen-bond donors (Lipinski definition) is 1. The van der Waals surface area contributed by atoms with Crippen molar-refractivity contribution in [1.82, 2.24) is 0 Å². The molecule has 0 saturated heterocycles. The van der Waals surface area contributed by atoms with Crippen LogP contribution in [0.1, 0.15) is 11.1 Å². The van der Waals surface area contributed by atoms with E-state index in [-0.39, 0.29) is 17.8 Å². The summed E-state index contributed by atoms with van der Waals surface area (Å²) >= 11 is 5.95. The van der Waals surface area contributed by atoms with Gasteiger partial charge in [0.25, 0.3) is 0 Å². The summed E-state index contributed by atoms with van der Waals surface area (Å²) < 4.78 is 27.2. The Kier molecular flexibility index (Phi) is 3.98. The minimum atomic E-state index is -0.802. The molecule has 0 saturated carbocycles. The van der Waals surface area contributed by atoms with Crippen LogP contribution in [0.5, 0.6) is 0 Å². The zero-order valence-corrected chi connectivity index (χ0v) is 10.5. The molecule has 0 unspecified atom stereocenters. The molecule has 0 heterocycles. The van der Waals surface area contributed by atoms with E-state index in [1.165, 1.54) is 0 Å². The van der Waals surface area contributed by atoms with Gasteiger partial charge in [-0.2, -0.15) is 5.26 Å². The Morgan fingerprint density at radius 3 is 2.37 bits per heavy atom. The lowest BCUT2D eigenvalue weighted by Gasteiger charge is -2.10. The Bertz CT molecular complexity index is 627. The van der Waals surface area contributed by atoms with Crippen LogP contribution in [0.25, 0.3) is 0 Å². The Labute approximate surface area is 114 Å². The summed E-state index contributed by atoms with van der Waals surface area (Å²) in [5.41, 5.74) is 0.407. The van der Waals surface area contributed by atoms with Gasteiger partial charge in [0.2, 0.25) is 0 Å². The SMILES string of the molecule is N#Cc1cc(F)c(NCc2ccccc2Cl)c(F)c1. The van der Waals surface area contributed by atoms with E-state index in [1.54, 1.807) is 30.3 Å². The van der Waals surface area contributed by atoms with Crippen molar-refractivity contribution >= 4 is 17.3 Å². The van der Waals surface area contributed by atoms with Crippen molar-refractivity contribution in [3.05, 3.63) is 64.2 Å². The lowest BCUT2D eigenvalue weighted by molar-refractivity contribution is 0.587. The molecule has 2 rings (SSSR count). The Morgan fingerprint density at radius 2 is 1.79 bits per heavy atom. The third-order valence-electron chi connectivity index (χ3n) is 2.58. The van der Waals surface area contributed by atoms with Gasteiger partial charge in [0.15, 0.2) is 11.6 Å². The van der Waals surface area contributed by atoms with Crippen LogP contribution in [0, 0.1) is 23.0 Å². The molecular weight excluding hydrogens is 270 g/mol. The Hall–Kier alpha value is -2.12. The van der Waals surface area contributed by atoms with Crippen molar-refractivity contribution < 1.29 is 8.78 Å². The minimum absolute atomic E-state index is 0.0571. The zero-order chi connectivity index (χ0) is 13.8. The van der Waals surface area contributed by atoms with Crippen molar-refractivity contribution in [3.8, 4) is 6.07 Å². The maximum atomic E-state index is 13.6. The van der Waals surface area contributed by atoms with E-state index in [0.717, 1.165) is 17.7 Å². The number of nitrogens with zero attached hydrogens (tertiary/aromatic N) is 1. The Balaban J connectivity index is 2.21. The van der Waals surface area contributed by atoms with Gasteiger partial charge in [-0.25, -0.2) is 8.78 Å². The summed E-state index contributed by atoms with van der Waals surface area (Å²) in [5, 5.41) is 11.8. The second kappa shape index (κ2) is 5.68. The van der Waals surface area contributed by atoms with E-state index in [2.05, 4.69) is 5.32 Å². The monoisotopic (exact) mass is 278 g/mol. The molecule has 0 aliphatic carbocycles. The number of halogens is 3. The van der Waals surface area contributed by atoms with E-state index < -0.39 is 11.6 Å². The molecular formula is C14H9ClF2N2. The van der Waals surface area contributed by atoms with Crippen molar-refractivity contribution in [1.29, 1.82) is 5.26 Å². The first kappa shape index (κ1) is 13.3. The average molecular weight is 279 g/mol. The molecule has 1 N–H and O–H groups in total. The smallest absolute Gasteiger partial charge is 0.150 e. The van der Waals surface area contributed by atoms with Gasteiger partial charge < -0.3 is 5.32 Å². The lowest BCUT2D eigenvalue weighted by atomic mass is 10.2. The summed E-state index contributed by atoms with van der Waals surface area (Å²) in [5.74, 6) is -1.60. The van der Waals surface area contributed by atoms with Gasteiger partial charge in [-0.05, 0) is 23.8 Å². The molecule has 0 aliphatic heterocycles. The standard InChI is InChI=1S/C14H9ClF2N2/c15-11-4-2-1-3-10(11)8-19-14-12(16)5-9(7-18)6-13(14)17/h1-6,19H,8H2. The second-order valence-electron chi connectivity index (χ2n) is 3.87. The van der Waals surface area contributed by atoms with Gasteiger partial charge in [-0.3, -0.25) is 0 Å². The van der Waals surface area contributed by atoms with Crippen molar-refractivity contribution in [2.24, 2.45) is 0 Å². The molecule has 2 aromatic rings. The van der Waals surface area contributed by atoms with Gasteiger partial charge in [-0.15, -0.1) is 0 Å². The molecule has 0 aliphatic rings. The quantitative estimate of drug-likeness (QED) is 0.917. The molecule has 96 valence electrons. The number of nitrogens with one attached hydrogen (secondary N) is 1. The molecule has 0 radical (unpaired) electrons. The topological polar surface area (TPSA) is 35.8 Å². The van der Waals surface area contributed by atoms with Crippen LogP contribution in [0.15, 0.2) is 36.4 Å². The lowest BCUT2D eigenvalue weighted by Crippen LogP contribution is -2.04. The minimum Gasteiger partial charge on any atom is -0.376 e. The van der Waals surface area contributed by atoms with Gasteiger partial charge in [0, 0.05) is 11.6 Å². The highest BCUT2D eigenvalue weighted by Gasteiger charge is 2.11. The summed E-state index contributed by atoms with van der Waals surface area (Å²) in [4.78, 5) is 0. The van der Waals surface area contributed by atoms with E-state index >= 15 is 0 Å². The fourth-order valence-electron chi connectivity index (χ4n) is 1.63. The molecule has 0 fully saturated rings. The second-order valence-corrected chi connectivity index (χ2v) is 4.28. The number of hydrogen-bond acceptors (Lipinski definition) is 2. The average Bonchev–Trinajstić information content (AvgIpc) is 2.39. The first-order valence-corrected chi connectivity index (χ1v) is 5.86. The highest BCUT2D eigenvalue weighted by molar-refractivity contribution is 6.31. The van der Waals surface area contributed by atoms with E-state index in [9.17, 15) is 8.78 Å². The third kappa shape index (κ3) is 3.01. The fourth-order valence-corrected chi connectivity index (χ4v) is 1.83. The van der Waals surface area contributed by atoms with Crippen LogP contribution in [-0.2, 0) is 6.54 Å². The van der Waals surface area contributed by atoms with Crippen molar-refractivity contribution in [2.75, 3.05) is 5.32 Å². The normalized spacial score (nSPS) is 10.0. The highest BCUT2D eigenvalue weighted by Crippen LogP contribution is 2.22. The van der Waals surface area contributed by atoms with Gasteiger partial charge in [0.05, 0.1) is 11.6 Å². The maximum absolute atomic E-state index is 13.6. The molecule has 0 atom stereocenters. The van der Waals surface area contributed by atoms with Crippen LogP contribution in [0.3, 0.4) is 0 Å². The summed E-state index contributed by atoms with van der Waals surface area (Å²) in [6, 6.07) is 10.7. The summed E-state index contributed by atoms with van der Waals surface area (Å²) in [6.45, 7) is 0.194. The number of rotatable bonds is 3. The predicted octanol–water partition coefficient (Wildman–Crippen LogP) is 4.10. The van der Waals surface area contributed by atoms with Crippen molar-refractivity contribution in [3.63, 3.8) is 0 Å². The van der Waals surface area contributed by atoms with Crippen molar-refractivity contribution in [2.45, 2.75) is 6.54 Å². The largest absolute Gasteiger partial charge is 0.376 e. The predicted molar refractivity (Wildman–Crippen MR) is 69.9 cm³/mol. The summed E-state index contributed by atoms with van der Waals surface area (Å²) in [6.07, 6.45) is 0. The van der Waals surface area contributed by atoms with Crippen LogP contribution < -0.4 is 5.32 Å². The number of anilines is 1. The molecule has 0 aromatic heterocycles. The molecule has 5 heteroatoms. The summed E-state index contributed by atoms with van der Waals surface area (Å²) in [7, 11) is 0. The molecule has 2 nitrogen and oxygen atoms in total. The first-order chi connectivity index (χ1) is 9.11. The zero-order valence-electron chi connectivity index (χ0n) is 9.75. The van der Waals surface area contributed by atoms with Gasteiger partial charge >= 0.3 is 0 Å². The maximum Gasteiger partial charge on any atom is 0.150 e. The highest BCUT2D eigenvalue weighted by atomic mass is 35.5. The van der Waals surface area contributed by atoms with Crippen LogP contribution in [0.4, 0.5) is 14.5 Å². The molecule has 19 heavy (non-hydrogen) atoms. The van der Waals surface area contributed by atoms with Gasteiger partial charge in [0.1, 0.15) is 5.69 Å². The molecule has 0 bridgehead atoms. The Morgan fingerprint density at radius 1 is 1.16 bits per heavy atom. The first-order valence-electron chi connectivity index (χ1n) is 5.48. The third-order valence-corrected chi connectivity index (χ3v) is 2.95. The van der Waals surface area contributed by atoms with Crippen LogP contribution >= 0.6 is 11.6 Å². The number of benzene rings is 2. The van der Waals surface area contributed by atoms with Gasteiger partial charge in [-0.1, -0.05) is 29.8 Å². The molecule has 2 aromatic carbocycles. The molecule has 0 spiro atoms.